The van der Waals surface area contributed by atoms with Gasteiger partial charge in [-0.15, -0.1) is 0 Å². The fourth-order valence-corrected chi connectivity index (χ4v) is 2.41. The molecule has 0 N–H and O–H groups in total. The van der Waals surface area contributed by atoms with Crippen LogP contribution >= 0.6 is 35.1 Å². The molecule has 0 bridgehead atoms. The molecule has 0 radical (unpaired) electrons. The molecule has 1 saturated heterocycles. The molecule has 1 aliphatic heterocycles. The summed E-state index contributed by atoms with van der Waals surface area (Å²) in [4.78, 5) is 4.42. The number of rotatable bonds is 2. The molecular weight excluding hydrogens is 222 g/mol. The molecule has 4 heteroatoms. The Hall–Kier alpha value is -0.120. The monoisotopic (exact) mass is 229 g/mol. The SMILES string of the molecule is Clc1cccc(CN=C2SCS2)c1. The van der Waals surface area contributed by atoms with Crippen LogP contribution in [0.15, 0.2) is 29.3 Å². The Kier molecular flexibility index (Phi) is 3.19. The molecule has 0 spiro atoms. The molecule has 1 aromatic carbocycles. The Balaban J connectivity index is 2.01. The summed E-state index contributed by atoms with van der Waals surface area (Å²) >= 11 is 9.47. The third kappa shape index (κ3) is 2.66. The lowest BCUT2D eigenvalue weighted by molar-refractivity contribution is 1.08. The molecule has 0 amide bonds. The van der Waals surface area contributed by atoms with Gasteiger partial charge in [-0.3, -0.25) is 4.99 Å². The van der Waals surface area contributed by atoms with E-state index < -0.39 is 0 Å². The van der Waals surface area contributed by atoms with Gasteiger partial charge in [-0.2, -0.15) is 0 Å². The van der Waals surface area contributed by atoms with Crippen molar-refractivity contribution >= 4 is 39.5 Å². The Morgan fingerprint density at radius 2 is 2.23 bits per heavy atom. The molecule has 0 aromatic heterocycles. The number of halogens is 1. The van der Waals surface area contributed by atoms with E-state index in [1.807, 2.05) is 47.8 Å². The van der Waals surface area contributed by atoms with Crippen molar-refractivity contribution in [3.8, 4) is 0 Å². The van der Waals surface area contributed by atoms with E-state index in [0.717, 1.165) is 16.7 Å². The average molecular weight is 230 g/mol. The summed E-state index contributed by atoms with van der Waals surface area (Å²) in [5.41, 5.74) is 1.17. The number of nitrogens with zero attached hydrogens (tertiary/aromatic N) is 1. The largest absolute Gasteiger partial charge is 0.267 e. The second kappa shape index (κ2) is 4.40. The van der Waals surface area contributed by atoms with Crippen LogP contribution in [-0.2, 0) is 6.54 Å². The fourth-order valence-electron chi connectivity index (χ4n) is 0.994. The van der Waals surface area contributed by atoms with Gasteiger partial charge in [0.25, 0.3) is 0 Å². The van der Waals surface area contributed by atoms with Crippen molar-refractivity contribution in [1.29, 1.82) is 0 Å². The molecule has 0 saturated carbocycles. The van der Waals surface area contributed by atoms with Gasteiger partial charge in [0.1, 0.15) is 4.38 Å². The summed E-state index contributed by atoms with van der Waals surface area (Å²) in [6.45, 7) is 0.746. The van der Waals surface area contributed by atoms with Crippen LogP contribution in [0.2, 0.25) is 5.02 Å². The summed E-state index contributed by atoms with van der Waals surface area (Å²) in [5, 5.41) is 1.93. The highest BCUT2D eigenvalue weighted by atomic mass is 35.5. The van der Waals surface area contributed by atoms with E-state index in [4.69, 9.17) is 11.6 Å². The van der Waals surface area contributed by atoms with Gasteiger partial charge in [-0.05, 0) is 17.7 Å². The lowest BCUT2D eigenvalue weighted by Gasteiger charge is -2.12. The van der Waals surface area contributed by atoms with Crippen LogP contribution in [0.1, 0.15) is 5.56 Å². The predicted octanol–water partition coefficient (Wildman–Crippen LogP) is 3.63. The van der Waals surface area contributed by atoms with Crippen molar-refractivity contribution in [1.82, 2.24) is 0 Å². The molecule has 13 heavy (non-hydrogen) atoms. The van der Waals surface area contributed by atoms with E-state index in [1.54, 1.807) is 0 Å². The van der Waals surface area contributed by atoms with E-state index in [-0.39, 0.29) is 0 Å². The smallest absolute Gasteiger partial charge is 0.126 e. The van der Waals surface area contributed by atoms with E-state index in [0.29, 0.717) is 0 Å². The van der Waals surface area contributed by atoms with Crippen LogP contribution in [0.25, 0.3) is 0 Å². The number of thioether (sulfide) groups is 2. The molecule has 1 aromatic rings. The standard InChI is InChI=1S/C9H8ClNS2/c10-8-3-1-2-7(4-8)5-11-9-12-6-13-9/h1-4H,5-6H2. The molecule has 1 nitrogen and oxygen atoms in total. The van der Waals surface area contributed by atoms with Crippen LogP contribution < -0.4 is 0 Å². The molecule has 0 unspecified atom stereocenters. The number of hydrogen-bond acceptors (Lipinski definition) is 3. The Morgan fingerprint density at radius 1 is 1.38 bits per heavy atom. The quantitative estimate of drug-likeness (QED) is 0.768. The molecule has 0 atom stereocenters. The van der Waals surface area contributed by atoms with Crippen LogP contribution in [0.5, 0.6) is 0 Å². The Labute approximate surface area is 91.0 Å². The number of aliphatic imine (C=N–C) groups is 1. The molecule has 68 valence electrons. The van der Waals surface area contributed by atoms with Gasteiger partial charge in [0.15, 0.2) is 0 Å². The molecule has 1 aliphatic rings. The van der Waals surface area contributed by atoms with Gasteiger partial charge in [-0.25, -0.2) is 0 Å². The van der Waals surface area contributed by atoms with Crippen LogP contribution in [-0.4, -0.2) is 9.46 Å². The normalized spacial score (nSPS) is 15.3. The van der Waals surface area contributed by atoms with Gasteiger partial charge in [0.05, 0.1) is 11.6 Å². The second-order valence-corrected chi connectivity index (χ2v) is 5.61. The van der Waals surface area contributed by atoms with E-state index in [9.17, 15) is 0 Å². The Bertz CT molecular complexity index is 332. The summed E-state index contributed by atoms with van der Waals surface area (Å²) in [6, 6.07) is 7.84. The highest BCUT2D eigenvalue weighted by molar-refractivity contribution is 8.52. The van der Waals surface area contributed by atoms with E-state index >= 15 is 0 Å². The van der Waals surface area contributed by atoms with Crippen LogP contribution in [0.3, 0.4) is 0 Å². The summed E-state index contributed by atoms with van der Waals surface area (Å²) in [6.07, 6.45) is 0. The van der Waals surface area contributed by atoms with Gasteiger partial charge in [-0.1, -0.05) is 47.3 Å². The van der Waals surface area contributed by atoms with E-state index in [2.05, 4.69) is 4.99 Å². The van der Waals surface area contributed by atoms with E-state index in [1.165, 1.54) is 9.94 Å². The molecular formula is C9H8ClNS2. The molecule has 1 fully saturated rings. The zero-order valence-electron chi connectivity index (χ0n) is 6.87. The first-order valence-corrected chi connectivity index (χ1v) is 6.24. The van der Waals surface area contributed by atoms with Crippen molar-refractivity contribution < 1.29 is 0 Å². The fraction of sp³-hybridized carbons (Fsp3) is 0.222. The lowest BCUT2D eigenvalue weighted by atomic mass is 10.2. The zero-order chi connectivity index (χ0) is 9.10. The summed E-state index contributed by atoms with van der Waals surface area (Å²) in [7, 11) is 0. The minimum Gasteiger partial charge on any atom is -0.267 e. The average Bonchev–Trinajstić information content (AvgIpc) is 2.01. The number of benzene rings is 1. The van der Waals surface area contributed by atoms with Gasteiger partial charge in [0, 0.05) is 5.02 Å². The maximum absolute atomic E-state index is 5.85. The third-order valence-corrected chi connectivity index (χ3v) is 4.28. The van der Waals surface area contributed by atoms with Crippen molar-refractivity contribution in [3.63, 3.8) is 0 Å². The minimum atomic E-state index is 0.746. The lowest BCUT2D eigenvalue weighted by Crippen LogP contribution is -1.98. The van der Waals surface area contributed by atoms with Gasteiger partial charge < -0.3 is 0 Å². The number of hydrogen-bond donors (Lipinski definition) is 0. The topological polar surface area (TPSA) is 12.4 Å². The summed E-state index contributed by atoms with van der Waals surface area (Å²) < 4.78 is 1.19. The van der Waals surface area contributed by atoms with Gasteiger partial charge >= 0.3 is 0 Å². The zero-order valence-corrected chi connectivity index (χ0v) is 9.25. The highest BCUT2D eigenvalue weighted by Crippen LogP contribution is 2.32. The first-order chi connectivity index (χ1) is 6.34. The third-order valence-electron chi connectivity index (χ3n) is 1.64. The summed E-state index contributed by atoms with van der Waals surface area (Å²) in [5.74, 6) is 0. The second-order valence-electron chi connectivity index (χ2n) is 2.62. The molecule has 1 heterocycles. The molecule has 0 aliphatic carbocycles. The van der Waals surface area contributed by atoms with Gasteiger partial charge in [0.2, 0.25) is 0 Å². The molecule has 2 rings (SSSR count). The van der Waals surface area contributed by atoms with Crippen molar-refractivity contribution in [2.45, 2.75) is 6.54 Å². The first kappa shape index (κ1) is 9.44. The Morgan fingerprint density at radius 3 is 2.85 bits per heavy atom. The van der Waals surface area contributed by atoms with Crippen LogP contribution in [0, 0.1) is 0 Å². The first-order valence-electron chi connectivity index (χ1n) is 3.89. The maximum atomic E-state index is 5.85. The van der Waals surface area contributed by atoms with Crippen LogP contribution in [0.4, 0.5) is 0 Å². The van der Waals surface area contributed by atoms with Crippen molar-refractivity contribution in [3.05, 3.63) is 34.9 Å². The highest BCUT2D eigenvalue weighted by Gasteiger charge is 2.10. The minimum absolute atomic E-state index is 0.746. The van der Waals surface area contributed by atoms with Crippen molar-refractivity contribution in [2.24, 2.45) is 4.99 Å². The van der Waals surface area contributed by atoms with Crippen molar-refractivity contribution in [2.75, 3.05) is 5.08 Å². The maximum Gasteiger partial charge on any atom is 0.126 e. The predicted molar refractivity (Wildman–Crippen MR) is 62.6 cm³/mol.